The Morgan fingerprint density at radius 1 is 1.05 bits per heavy atom. The van der Waals surface area contributed by atoms with Crippen molar-refractivity contribution in [1.29, 1.82) is 0 Å². The third-order valence-electron chi connectivity index (χ3n) is 9.98. The van der Waals surface area contributed by atoms with E-state index in [0.29, 0.717) is 19.4 Å². The number of aliphatic hydroxyl groups is 2. The summed E-state index contributed by atoms with van der Waals surface area (Å²) < 4.78 is 0. The maximum Gasteiger partial charge on any atom is 0.255 e. The molecule has 3 saturated carbocycles. The fourth-order valence-corrected chi connectivity index (χ4v) is 7.53. The van der Waals surface area contributed by atoms with Gasteiger partial charge in [-0.05, 0) is 94.5 Å². The second-order valence-electron chi connectivity index (χ2n) is 13.1. The number of phenols is 1. The number of hydrogen-bond acceptors (Lipinski definition) is 8. The van der Waals surface area contributed by atoms with Crippen LogP contribution >= 0.6 is 0 Å². The fraction of sp³-hybridized carbons (Fsp3) is 0.581. The van der Waals surface area contributed by atoms with E-state index in [9.17, 15) is 29.7 Å². The highest BCUT2D eigenvalue weighted by molar-refractivity contribution is 6.24. The summed E-state index contributed by atoms with van der Waals surface area (Å²) >= 11 is 0. The zero-order valence-electron chi connectivity index (χ0n) is 23.4. The molecule has 0 radical (unpaired) electrons. The van der Waals surface area contributed by atoms with Gasteiger partial charge in [-0.25, -0.2) is 0 Å². The van der Waals surface area contributed by atoms with Crippen LogP contribution in [0, 0.1) is 29.1 Å². The van der Waals surface area contributed by atoms with Gasteiger partial charge in [-0.2, -0.15) is 0 Å². The molecule has 5 N–H and O–H groups in total. The zero-order chi connectivity index (χ0) is 28.7. The molecule has 9 heteroatoms. The van der Waals surface area contributed by atoms with Crippen LogP contribution in [0.15, 0.2) is 29.0 Å². The number of carbonyl (C=O) groups is 3. The average Bonchev–Trinajstić information content (AvgIpc) is 3.80. The monoisotopic (exact) mass is 549 g/mol. The standard InChI is InChI=1S/C31H39N3O6/c1-31-20(25(33(2)3)27(37)24(29(31)39)30(32)40)11-18-10-19-17(14-34(12-15-4-5-15)13-16-6-7-16)8-9-21(35)23(19)26(36)22(18)28(31)38/h8-9,15-16,18,20,25,35-36,39H,4-7,10-14H2,1-3H3,(H2,32,40)/t18-,20-,25?,31+/m0/s1. The highest BCUT2D eigenvalue weighted by Crippen LogP contribution is 2.56. The maximum absolute atomic E-state index is 14.2. The molecule has 9 nitrogen and oxygen atoms in total. The van der Waals surface area contributed by atoms with Gasteiger partial charge < -0.3 is 21.1 Å². The number of hydrogen-bond donors (Lipinski definition) is 4. The third-order valence-corrected chi connectivity index (χ3v) is 9.98. The SMILES string of the molecule is CN(C)C1C(=O)C(C(N)=O)=C(O)[C@@]2(C)C(=O)C3=C(O)c4c(O)ccc(CN(CC5CC5)CC5CC5)c4C[C@H]3C[C@@H]12. The summed E-state index contributed by atoms with van der Waals surface area (Å²) in [5, 5.41) is 33.7. The van der Waals surface area contributed by atoms with E-state index < -0.39 is 52.1 Å². The number of carbonyl (C=O) groups excluding carboxylic acids is 3. The molecule has 40 heavy (non-hydrogen) atoms. The Morgan fingerprint density at radius 2 is 1.68 bits per heavy atom. The normalized spacial score (nSPS) is 30.1. The predicted molar refractivity (Wildman–Crippen MR) is 148 cm³/mol. The van der Waals surface area contributed by atoms with Crippen LogP contribution < -0.4 is 5.73 Å². The lowest BCUT2D eigenvalue weighted by Gasteiger charge is -2.51. The summed E-state index contributed by atoms with van der Waals surface area (Å²) in [5.74, 6) is -2.78. The molecule has 4 atom stereocenters. The number of allylic oxidation sites excluding steroid dienone is 2. The summed E-state index contributed by atoms with van der Waals surface area (Å²) in [6.07, 6.45) is 5.81. The third kappa shape index (κ3) is 4.16. The van der Waals surface area contributed by atoms with E-state index in [1.807, 2.05) is 6.07 Å². The molecule has 0 aliphatic heterocycles. The molecule has 1 unspecified atom stereocenters. The molecule has 0 aromatic heterocycles. The molecule has 0 bridgehead atoms. The van der Waals surface area contributed by atoms with Crippen molar-refractivity contribution >= 4 is 23.2 Å². The molecule has 0 heterocycles. The van der Waals surface area contributed by atoms with Gasteiger partial charge >= 0.3 is 0 Å². The molecule has 0 saturated heterocycles. The van der Waals surface area contributed by atoms with Gasteiger partial charge in [0.15, 0.2) is 11.6 Å². The zero-order valence-corrected chi connectivity index (χ0v) is 23.4. The molecule has 1 amide bonds. The van der Waals surface area contributed by atoms with Gasteiger partial charge in [-0.1, -0.05) is 6.07 Å². The topological polar surface area (TPSA) is 144 Å². The average molecular weight is 550 g/mol. The van der Waals surface area contributed by atoms with E-state index in [1.54, 1.807) is 25.1 Å². The van der Waals surface area contributed by atoms with Crippen molar-refractivity contribution in [1.82, 2.24) is 9.80 Å². The molecule has 6 rings (SSSR count). The number of Topliss-reactive ketones (excluding diaryl/α,β-unsaturated/α-hetero) is 2. The van der Waals surface area contributed by atoms with Crippen LogP contribution in [0.1, 0.15) is 55.7 Å². The Hall–Kier alpha value is -3.17. The summed E-state index contributed by atoms with van der Waals surface area (Å²) in [6.45, 7) is 4.32. The number of ketones is 2. The number of benzene rings is 1. The number of phenolic OH excluding ortho intramolecular Hbond substituents is 1. The number of fused-ring (bicyclic) bond motifs is 3. The van der Waals surface area contributed by atoms with Crippen molar-refractivity contribution in [3.05, 3.63) is 45.7 Å². The van der Waals surface area contributed by atoms with Crippen LogP contribution in [0.5, 0.6) is 5.75 Å². The smallest absolute Gasteiger partial charge is 0.255 e. The Bertz CT molecular complexity index is 1360. The number of aromatic hydroxyl groups is 1. The van der Waals surface area contributed by atoms with Crippen LogP contribution in [0.2, 0.25) is 0 Å². The van der Waals surface area contributed by atoms with Crippen molar-refractivity contribution in [3.8, 4) is 5.75 Å². The van der Waals surface area contributed by atoms with Gasteiger partial charge in [0.2, 0.25) is 0 Å². The Labute approximate surface area is 234 Å². The highest BCUT2D eigenvalue weighted by Gasteiger charge is 2.62. The number of likely N-dealkylation sites (N-methyl/N-ethyl adjacent to an activating group) is 1. The first-order chi connectivity index (χ1) is 18.9. The lowest BCUT2D eigenvalue weighted by molar-refractivity contribution is -0.139. The van der Waals surface area contributed by atoms with Gasteiger partial charge in [0, 0.05) is 31.1 Å². The largest absolute Gasteiger partial charge is 0.510 e. The number of amides is 1. The fourth-order valence-electron chi connectivity index (χ4n) is 7.53. The molecule has 214 valence electrons. The lowest BCUT2D eigenvalue weighted by Crippen LogP contribution is -2.60. The van der Waals surface area contributed by atoms with E-state index in [4.69, 9.17) is 5.73 Å². The minimum atomic E-state index is -1.62. The summed E-state index contributed by atoms with van der Waals surface area (Å²) in [7, 11) is 3.41. The first-order valence-corrected chi connectivity index (χ1v) is 14.4. The Morgan fingerprint density at radius 3 is 2.23 bits per heavy atom. The minimum Gasteiger partial charge on any atom is -0.510 e. The number of rotatable bonds is 8. The second kappa shape index (κ2) is 9.45. The number of nitrogens with two attached hydrogens (primary N) is 1. The van der Waals surface area contributed by atoms with Gasteiger partial charge in [0.1, 0.15) is 22.8 Å². The van der Waals surface area contributed by atoms with Gasteiger partial charge in [0.05, 0.1) is 17.0 Å². The van der Waals surface area contributed by atoms with Gasteiger partial charge in [-0.3, -0.25) is 24.2 Å². The second-order valence-corrected chi connectivity index (χ2v) is 13.1. The van der Waals surface area contributed by atoms with E-state index >= 15 is 0 Å². The summed E-state index contributed by atoms with van der Waals surface area (Å²) in [6, 6.07) is 2.67. The first-order valence-electron chi connectivity index (χ1n) is 14.4. The maximum atomic E-state index is 14.2. The van der Waals surface area contributed by atoms with Crippen LogP contribution in [-0.2, 0) is 27.3 Å². The van der Waals surface area contributed by atoms with E-state index in [0.717, 1.165) is 36.1 Å². The van der Waals surface area contributed by atoms with Crippen LogP contribution in [-0.4, -0.2) is 75.8 Å². The van der Waals surface area contributed by atoms with Crippen molar-refractivity contribution in [2.75, 3.05) is 27.2 Å². The Kier molecular flexibility index (Phi) is 6.38. The molecule has 3 fully saturated rings. The molecule has 1 aromatic rings. The van der Waals surface area contributed by atoms with E-state index in [1.165, 1.54) is 32.6 Å². The van der Waals surface area contributed by atoms with Crippen LogP contribution in [0.3, 0.4) is 0 Å². The highest BCUT2D eigenvalue weighted by atomic mass is 16.3. The number of aliphatic hydroxyl groups excluding tert-OH is 2. The molecule has 5 aliphatic carbocycles. The van der Waals surface area contributed by atoms with E-state index in [2.05, 4.69) is 4.90 Å². The quantitative estimate of drug-likeness (QED) is 0.363. The molecule has 1 aromatic carbocycles. The molecule has 5 aliphatic rings. The van der Waals surface area contributed by atoms with Crippen molar-refractivity contribution in [3.63, 3.8) is 0 Å². The number of primary amides is 1. The lowest BCUT2D eigenvalue weighted by atomic mass is 9.53. The predicted octanol–water partition coefficient (Wildman–Crippen LogP) is 2.86. The molecular weight excluding hydrogens is 510 g/mol. The van der Waals surface area contributed by atoms with Gasteiger partial charge in [0.25, 0.3) is 5.91 Å². The molecular formula is C31H39N3O6. The summed E-state index contributed by atoms with van der Waals surface area (Å²) in [5.41, 5.74) is 5.58. The van der Waals surface area contributed by atoms with Gasteiger partial charge in [-0.15, -0.1) is 0 Å². The van der Waals surface area contributed by atoms with Crippen LogP contribution in [0.25, 0.3) is 5.76 Å². The molecule has 0 spiro atoms. The number of nitrogens with zero attached hydrogens (tertiary/aromatic N) is 2. The first kappa shape index (κ1) is 27.0. The van der Waals surface area contributed by atoms with Crippen LogP contribution in [0.4, 0.5) is 0 Å². The van der Waals surface area contributed by atoms with E-state index in [-0.39, 0.29) is 22.6 Å². The Balaban J connectivity index is 1.44. The van der Waals surface area contributed by atoms with Crippen molar-refractivity contribution in [2.45, 2.75) is 58.0 Å². The minimum absolute atomic E-state index is 0.0965. The van der Waals surface area contributed by atoms with Crippen molar-refractivity contribution in [2.24, 2.45) is 34.8 Å². The van der Waals surface area contributed by atoms with Crippen molar-refractivity contribution < 1.29 is 29.7 Å². The summed E-state index contributed by atoms with van der Waals surface area (Å²) in [4.78, 5) is 44.0.